The Kier molecular flexibility index (Phi) is 4.44. The molecule has 0 bridgehead atoms. The standard InChI is InChI=1S/C14H20FN3O2/c1-8-7-11(8)17-5-6-18-14(19)9-3-4-10(15)12(16)13(9)20-2/h3-4,8,11,17H,5-7,16H2,1-2H3,(H,18,19). The summed E-state index contributed by atoms with van der Waals surface area (Å²) in [6.45, 7) is 3.39. The fourth-order valence-corrected chi connectivity index (χ4v) is 2.11. The number of nitrogen functional groups attached to an aromatic ring is 1. The van der Waals surface area contributed by atoms with Crippen LogP contribution in [0.5, 0.6) is 5.75 Å². The monoisotopic (exact) mass is 281 g/mol. The normalized spacial score (nSPS) is 20.6. The minimum Gasteiger partial charge on any atom is -0.494 e. The second-order valence-corrected chi connectivity index (χ2v) is 5.07. The largest absolute Gasteiger partial charge is 0.494 e. The molecule has 4 N–H and O–H groups in total. The van der Waals surface area contributed by atoms with Gasteiger partial charge < -0.3 is 21.1 Å². The van der Waals surface area contributed by atoms with Crippen molar-refractivity contribution in [2.24, 2.45) is 5.92 Å². The van der Waals surface area contributed by atoms with E-state index in [-0.39, 0.29) is 22.9 Å². The number of nitrogens with two attached hydrogens (primary N) is 1. The topological polar surface area (TPSA) is 76.4 Å². The third-order valence-corrected chi connectivity index (χ3v) is 3.52. The average Bonchev–Trinajstić information content (AvgIpc) is 3.13. The number of rotatable bonds is 6. The Hall–Kier alpha value is -1.82. The molecule has 2 unspecified atom stereocenters. The number of halogens is 1. The Morgan fingerprint density at radius 1 is 1.50 bits per heavy atom. The van der Waals surface area contributed by atoms with Crippen LogP contribution in [0.15, 0.2) is 12.1 Å². The van der Waals surface area contributed by atoms with E-state index in [9.17, 15) is 9.18 Å². The van der Waals surface area contributed by atoms with E-state index in [1.54, 1.807) is 0 Å². The maximum Gasteiger partial charge on any atom is 0.255 e. The zero-order chi connectivity index (χ0) is 14.7. The molecule has 0 saturated heterocycles. The van der Waals surface area contributed by atoms with Gasteiger partial charge in [0.25, 0.3) is 5.91 Å². The lowest BCUT2D eigenvalue weighted by atomic mass is 10.1. The predicted octanol–water partition coefficient (Wildman–Crippen LogP) is 1.14. The zero-order valence-electron chi connectivity index (χ0n) is 11.7. The van der Waals surface area contributed by atoms with Gasteiger partial charge in [-0.2, -0.15) is 0 Å². The van der Waals surface area contributed by atoms with Crippen LogP contribution < -0.4 is 21.1 Å². The number of methoxy groups -OCH3 is 1. The second kappa shape index (κ2) is 6.09. The molecule has 0 radical (unpaired) electrons. The maximum absolute atomic E-state index is 13.3. The van der Waals surface area contributed by atoms with E-state index in [0.717, 1.165) is 12.0 Å². The Bertz CT molecular complexity index is 507. The minimum atomic E-state index is -0.595. The third kappa shape index (κ3) is 3.19. The summed E-state index contributed by atoms with van der Waals surface area (Å²) in [6, 6.07) is 3.11. The van der Waals surface area contributed by atoms with Gasteiger partial charge in [-0.15, -0.1) is 0 Å². The minimum absolute atomic E-state index is 0.0753. The van der Waals surface area contributed by atoms with Gasteiger partial charge >= 0.3 is 0 Å². The molecule has 1 amide bonds. The molecule has 0 heterocycles. The van der Waals surface area contributed by atoms with Gasteiger partial charge in [-0.05, 0) is 24.5 Å². The van der Waals surface area contributed by atoms with Crippen molar-refractivity contribution >= 4 is 11.6 Å². The number of benzene rings is 1. The highest BCUT2D eigenvalue weighted by atomic mass is 19.1. The molecule has 0 spiro atoms. The number of carbonyl (C=O) groups is 1. The maximum atomic E-state index is 13.3. The number of hydrogen-bond donors (Lipinski definition) is 3. The van der Waals surface area contributed by atoms with E-state index >= 15 is 0 Å². The molecular formula is C14H20FN3O2. The smallest absolute Gasteiger partial charge is 0.255 e. The molecule has 6 heteroatoms. The number of ether oxygens (including phenoxy) is 1. The number of hydrogen-bond acceptors (Lipinski definition) is 4. The van der Waals surface area contributed by atoms with Gasteiger partial charge in [0.05, 0.1) is 12.7 Å². The molecule has 5 nitrogen and oxygen atoms in total. The summed E-state index contributed by atoms with van der Waals surface area (Å²) in [6.07, 6.45) is 1.19. The predicted molar refractivity (Wildman–Crippen MR) is 75.3 cm³/mol. The summed E-state index contributed by atoms with van der Waals surface area (Å²) in [5.74, 6) is -0.115. The molecule has 20 heavy (non-hydrogen) atoms. The molecule has 1 aromatic carbocycles. The van der Waals surface area contributed by atoms with E-state index in [0.29, 0.717) is 19.1 Å². The molecule has 1 aliphatic carbocycles. The SMILES string of the molecule is COc1c(C(=O)NCCNC2CC2C)ccc(F)c1N. The summed E-state index contributed by atoms with van der Waals surface area (Å²) in [7, 11) is 1.36. The first-order valence-corrected chi connectivity index (χ1v) is 6.68. The van der Waals surface area contributed by atoms with E-state index in [2.05, 4.69) is 17.6 Å². The Balaban J connectivity index is 1.90. The average molecular weight is 281 g/mol. The first kappa shape index (κ1) is 14.6. The van der Waals surface area contributed by atoms with Crippen LogP contribution in [-0.2, 0) is 0 Å². The Morgan fingerprint density at radius 2 is 2.20 bits per heavy atom. The number of amides is 1. The van der Waals surface area contributed by atoms with Crippen LogP contribution in [0.1, 0.15) is 23.7 Å². The quantitative estimate of drug-likeness (QED) is 0.540. The van der Waals surface area contributed by atoms with Crippen molar-refractivity contribution < 1.29 is 13.9 Å². The van der Waals surface area contributed by atoms with Gasteiger partial charge in [0.1, 0.15) is 11.5 Å². The van der Waals surface area contributed by atoms with Crippen molar-refractivity contribution in [1.82, 2.24) is 10.6 Å². The van der Waals surface area contributed by atoms with Crippen LogP contribution in [0, 0.1) is 11.7 Å². The lowest BCUT2D eigenvalue weighted by Gasteiger charge is -2.12. The summed E-state index contributed by atoms with van der Waals surface area (Å²) in [5, 5.41) is 6.09. The van der Waals surface area contributed by atoms with Crippen molar-refractivity contribution in [3.05, 3.63) is 23.5 Å². The second-order valence-electron chi connectivity index (χ2n) is 5.07. The van der Waals surface area contributed by atoms with Gasteiger partial charge in [0.15, 0.2) is 5.75 Å². The van der Waals surface area contributed by atoms with Crippen LogP contribution >= 0.6 is 0 Å². The van der Waals surface area contributed by atoms with Gasteiger partial charge in [-0.1, -0.05) is 6.92 Å². The lowest BCUT2D eigenvalue weighted by Crippen LogP contribution is -2.33. The third-order valence-electron chi connectivity index (χ3n) is 3.52. The highest BCUT2D eigenvalue weighted by molar-refractivity contribution is 5.98. The molecule has 1 fully saturated rings. The fourth-order valence-electron chi connectivity index (χ4n) is 2.11. The molecule has 0 aromatic heterocycles. The van der Waals surface area contributed by atoms with Crippen molar-refractivity contribution in [2.45, 2.75) is 19.4 Å². The Labute approximate surface area is 117 Å². The molecule has 1 saturated carbocycles. The van der Waals surface area contributed by atoms with Gasteiger partial charge in [-0.3, -0.25) is 4.79 Å². The summed E-state index contributed by atoms with van der Waals surface area (Å²) in [4.78, 5) is 12.0. The van der Waals surface area contributed by atoms with Gasteiger partial charge in [0.2, 0.25) is 0 Å². The van der Waals surface area contributed by atoms with Crippen LogP contribution in [0.3, 0.4) is 0 Å². The van der Waals surface area contributed by atoms with Crippen molar-refractivity contribution in [2.75, 3.05) is 25.9 Å². The zero-order valence-corrected chi connectivity index (χ0v) is 11.7. The number of anilines is 1. The van der Waals surface area contributed by atoms with Crippen LogP contribution in [0.2, 0.25) is 0 Å². The van der Waals surface area contributed by atoms with Crippen LogP contribution in [0.25, 0.3) is 0 Å². The molecular weight excluding hydrogens is 261 g/mol. The number of nitrogens with one attached hydrogen (secondary N) is 2. The summed E-state index contributed by atoms with van der Waals surface area (Å²) in [5.41, 5.74) is 5.65. The molecule has 1 aromatic rings. The molecule has 0 aliphatic heterocycles. The highest BCUT2D eigenvalue weighted by Gasteiger charge is 2.31. The van der Waals surface area contributed by atoms with Crippen molar-refractivity contribution in [3.63, 3.8) is 0 Å². The highest BCUT2D eigenvalue weighted by Crippen LogP contribution is 2.29. The van der Waals surface area contributed by atoms with Crippen LogP contribution in [-0.4, -0.2) is 32.1 Å². The number of carbonyl (C=O) groups excluding carboxylic acids is 1. The first-order valence-electron chi connectivity index (χ1n) is 6.68. The first-order chi connectivity index (χ1) is 9.54. The van der Waals surface area contributed by atoms with E-state index in [1.165, 1.54) is 19.6 Å². The van der Waals surface area contributed by atoms with E-state index in [1.807, 2.05) is 0 Å². The van der Waals surface area contributed by atoms with E-state index in [4.69, 9.17) is 10.5 Å². The lowest BCUT2D eigenvalue weighted by molar-refractivity contribution is 0.0951. The molecule has 2 atom stereocenters. The van der Waals surface area contributed by atoms with E-state index < -0.39 is 5.82 Å². The summed E-state index contributed by atoms with van der Waals surface area (Å²) >= 11 is 0. The fraction of sp³-hybridized carbons (Fsp3) is 0.500. The van der Waals surface area contributed by atoms with Gasteiger partial charge in [-0.25, -0.2) is 4.39 Å². The summed E-state index contributed by atoms with van der Waals surface area (Å²) < 4.78 is 18.3. The van der Waals surface area contributed by atoms with Crippen molar-refractivity contribution in [1.29, 1.82) is 0 Å². The van der Waals surface area contributed by atoms with Gasteiger partial charge in [0, 0.05) is 19.1 Å². The van der Waals surface area contributed by atoms with Crippen molar-refractivity contribution in [3.8, 4) is 5.75 Å². The molecule has 1 aliphatic rings. The molecule has 110 valence electrons. The Morgan fingerprint density at radius 3 is 2.80 bits per heavy atom. The van der Waals surface area contributed by atoms with Crippen LogP contribution in [0.4, 0.5) is 10.1 Å². The molecule has 2 rings (SSSR count).